The summed E-state index contributed by atoms with van der Waals surface area (Å²) < 4.78 is 1.99. The van der Waals surface area contributed by atoms with Crippen LogP contribution in [0.3, 0.4) is 0 Å². The van der Waals surface area contributed by atoms with Gasteiger partial charge in [-0.1, -0.05) is 23.9 Å². The number of rotatable bonds is 6. The van der Waals surface area contributed by atoms with Crippen LogP contribution in [0.5, 0.6) is 0 Å². The Balaban J connectivity index is 1.62. The first kappa shape index (κ1) is 19.5. The Morgan fingerprint density at radius 2 is 1.75 bits per heavy atom. The average molecular weight is 395 g/mol. The van der Waals surface area contributed by atoms with E-state index in [2.05, 4.69) is 35.5 Å². The molecule has 3 rings (SSSR count). The van der Waals surface area contributed by atoms with E-state index >= 15 is 0 Å². The number of primary amides is 1. The molecule has 0 aliphatic carbocycles. The Morgan fingerprint density at radius 3 is 2.43 bits per heavy atom. The lowest BCUT2D eigenvalue weighted by molar-refractivity contribution is -0.113. The molecule has 0 bridgehead atoms. The van der Waals surface area contributed by atoms with Crippen LogP contribution in [0.4, 0.5) is 16.2 Å². The minimum atomic E-state index is -0.632. The van der Waals surface area contributed by atoms with Crippen molar-refractivity contribution in [1.82, 2.24) is 9.55 Å². The Hall–Kier alpha value is -3.26. The number of thioether (sulfide) groups is 1. The van der Waals surface area contributed by atoms with Gasteiger partial charge in [0, 0.05) is 23.8 Å². The van der Waals surface area contributed by atoms with E-state index in [1.165, 1.54) is 22.9 Å². The van der Waals surface area contributed by atoms with Crippen LogP contribution in [0, 0.1) is 13.8 Å². The van der Waals surface area contributed by atoms with Gasteiger partial charge < -0.3 is 16.4 Å². The van der Waals surface area contributed by atoms with Crippen LogP contribution in [0.1, 0.15) is 11.1 Å². The fraction of sp³-hybridized carbons (Fsp3) is 0.150. The monoisotopic (exact) mass is 395 g/mol. The summed E-state index contributed by atoms with van der Waals surface area (Å²) in [6.07, 6.45) is 3.62. The number of anilines is 2. The molecule has 7 nitrogen and oxygen atoms in total. The lowest BCUT2D eigenvalue weighted by Gasteiger charge is -2.12. The lowest BCUT2D eigenvalue weighted by Crippen LogP contribution is -2.19. The molecule has 28 heavy (non-hydrogen) atoms. The Bertz CT molecular complexity index is 998. The number of hydrogen-bond acceptors (Lipinski definition) is 4. The third-order valence-electron chi connectivity index (χ3n) is 4.21. The molecule has 144 valence electrons. The smallest absolute Gasteiger partial charge is 0.316 e. The number of imidazole rings is 1. The molecule has 0 unspecified atom stereocenters. The predicted molar refractivity (Wildman–Crippen MR) is 112 cm³/mol. The van der Waals surface area contributed by atoms with Crippen LogP contribution in [-0.4, -0.2) is 27.2 Å². The molecule has 2 aromatic carbocycles. The highest BCUT2D eigenvalue weighted by Gasteiger charge is 2.11. The molecular weight excluding hydrogens is 374 g/mol. The number of hydrogen-bond donors (Lipinski definition) is 3. The first-order chi connectivity index (χ1) is 13.4. The third-order valence-corrected chi connectivity index (χ3v) is 5.18. The van der Waals surface area contributed by atoms with Crippen molar-refractivity contribution in [2.24, 2.45) is 5.73 Å². The Kier molecular flexibility index (Phi) is 6.00. The number of nitrogens with one attached hydrogen (secondary N) is 2. The summed E-state index contributed by atoms with van der Waals surface area (Å²) in [6.45, 7) is 4.14. The van der Waals surface area contributed by atoms with Gasteiger partial charge in [0.1, 0.15) is 0 Å². The highest BCUT2D eigenvalue weighted by Crippen LogP contribution is 2.24. The highest BCUT2D eigenvalue weighted by atomic mass is 32.2. The van der Waals surface area contributed by atoms with Gasteiger partial charge >= 0.3 is 6.03 Å². The van der Waals surface area contributed by atoms with Crippen molar-refractivity contribution in [2.75, 3.05) is 16.4 Å². The van der Waals surface area contributed by atoms with Crippen molar-refractivity contribution >= 4 is 35.1 Å². The van der Waals surface area contributed by atoms with Crippen LogP contribution >= 0.6 is 11.8 Å². The standard InChI is InChI=1S/C20H21N5O2S/c1-13-4-3-5-17(14(13)2)25-11-10-22-20(25)28-12-18(26)23-15-6-8-16(9-7-15)24-19(21)27/h3-11H,12H2,1-2H3,(H,23,26)(H3,21,24,27). The van der Waals surface area contributed by atoms with Crippen LogP contribution in [0.25, 0.3) is 5.69 Å². The number of nitrogens with two attached hydrogens (primary N) is 1. The number of nitrogens with zero attached hydrogens (tertiary/aromatic N) is 2. The van der Waals surface area contributed by atoms with Crippen molar-refractivity contribution in [3.63, 3.8) is 0 Å². The molecule has 0 saturated carbocycles. The van der Waals surface area contributed by atoms with Crippen molar-refractivity contribution in [1.29, 1.82) is 0 Å². The summed E-state index contributed by atoms with van der Waals surface area (Å²) >= 11 is 1.37. The molecule has 0 atom stereocenters. The van der Waals surface area contributed by atoms with Crippen molar-refractivity contribution < 1.29 is 9.59 Å². The SMILES string of the molecule is Cc1cccc(-n2ccnc2SCC(=O)Nc2ccc(NC(N)=O)cc2)c1C. The Morgan fingerprint density at radius 1 is 1.07 bits per heavy atom. The number of urea groups is 1. The molecule has 1 aromatic heterocycles. The van der Waals surface area contributed by atoms with Gasteiger partial charge in [-0.05, 0) is 55.3 Å². The van der Waals surface area contributed by atoms with Crippen molar-refractivity contribution in [2.45, 2.75) is 19.0 Å². The first-order valence-electron chi connectivity index (χ1n) is 8.63. The molecule has 1 heterocycles. The lowest BCUT2D eigenvalue weighted by atomic mass is 10.1. The van der Waals surface area contributed by atoms with Gasteiger partial charge in [-0.15, -0.1) is 0 Å². The summed E-state index contributed by atoms with van der Waals surface area (Å²) in [5.74, 6) is 0.0829. The van der Waals surface area contributed by atoms with Crippen LogP contribution < -0.4 is 16.4 Å². The topological polar surface area (TPSA) is 102 Å². The van der Waals surface area contributed by atoms with Gasteiger partial charge in [0.2, 0.25) is 5.91 Å². The van der Waals surface area contributed by atoms with Gasteiger partial charge in [0.25, 0.3) is 0 Å². The summed E-state index contributed by atoms with van der Waals surface area (Å²) in [4.78, 5) is 27.5. The molecule has 0 radical (unpaired) electrons. The van der Waals surface area contributed by atoms with E-state index in [0.717, 1.165) is 10.8 Å². The highest BCUT2D eigenvalue weighted by molar-refractivity contribution is 7.99. The molecule has 3 amide bonds. The molecule has 0 saturated heterocycles. The van der Waals surface area contributed by atoms with Crippen LogP contribution in [0.15, 0.2) is 60.0 Å². The molecule has 0 aliphatic heterocycles. The summed E-state index contributed by atoms with van der Waals surface area (Å²) in [6, 6.07) is 12.2. The summed E-state index contributed by atoms with van der Waals surface area (Å²) in [5.41, 5.74) is 9.71. The van der Waals surface area contributed by atoms with Gasteiger partial charge in [-0.25, -0.2) is 9.78 Å². The fourth-order valence-corrected chi connectivity index (χ4v) is 3.45. The van der Waals surface area contributed by atoms with Crippen LogP contribution in [-0.2, 0) is 4.79 Å². The molecule has 8 heteroatoms. The zero-order valence-corrected chi connectivity index (χ0v) is 16.4. The molecular formula is C20H21N5O2S. The van der Waals surface area contributed by atoms with Gasteiger partial charge in [0.15, 0.2) is 5.16 Å². The molecule has 0 spiro atoms. The van der Waals surface area contributed by atoms with E-state index in [1.807, 2.05) is 22.9 Å². The number of carbonyl (C=O) groups excluding carboxylic acids is 2. The normalized spacial score (nSPS) is 10.5. The van der Waals surface area contributed by atoms with Crippen molar-refractivity contribution in [3.8, 4) is 5.69 Å². The maximum atomic E-state index is 12.3. The number of carbonyl (C=O) groups is 2. The van der Waals surface area contributed by atoms with E-state index in [9.17, 15) is 9.59 Å². The number of aryl methyl sites for hydroxylation is 1. The van der Waals surface area contributed by atoms with E-state index in [0.29, 0.717) is 11.4 Å². The minimum absolute atomic E-state index is 0.142. The first-order valence-corrected chi connectivity index (χ1v) is 9.61. The number of benzene rings is 2. The summed E-state index contributed by atoms with van der Waals surface area (Å²) in [7, 11) is 0. The van der Waals surface area contributed by atoms with Gasteiger partial charge in [0.05, 0.1) is 11.4 Å². The van der Waals surface area contributed by atoms with E-state index < -0.39 is 6.03 Å². The van der Waals surface area contributed by atoms with E-state index in [1.54, 1.807) is 30.5 Å². The van der Waals surface area contributed by atoms with E-state index in [4.69, 9.17) is 5.73 Å². The second-order valence-corrected chi connectivity index (χ2v) is 7.14. The van der Waals surface area contributed by atoms with Crippen molar-refractivity contribution in [3.05, 3.63) is 66.0 Å². The number of amides is 3. The zero-order chi connectivity index (χ0) is 20.1. The molecule has 3 aromatic rings. The second kappa shape index (κ2) is 8.62. The quantitative estimate of drug-likeness (QED) is 0.554. The second-order valence-electron chi connectivity index (χ2n) is 6.20. The third kappa shape index (κ3) is 4.72. The summed E-state index contributed by atoms with van der Waals surface area (Å²) in [5, 5.41) is 6.05. The fourth-order valence-electron chi connectivity index (χ4n) is 2.68. The van der Waals surface area contributed by atoms with Gasteiger partial charge in [-0.2, -0.15) is 0 Å². The predicted octanol–water partition coefficient (Wildman–Crippen LogP) is 3.71. The molecule has 0 aliphatic rings. The maximum absolute atomic E-state index is 12.3. The van der Waals surface area contributed by atoms with Crippen LogP contribution in [0.2, 0.25) is 0 Å². The Labute approximate surface area is 167 Å². The number of aromatic nitrogens is 2. The van der Waals surface area contributed by atoms with E-state index in [-0.39, 0.29) is 11.7 Å². The largest absolute Gasteiger partial charge is 0.351 e. The maximum Gasteiger partial charge on any atom is 0.316 e. The minimum Gasteiger partial charge on any atom is -0.351 e. The molecule has 0 fully saturated rings. The molecule has 4 N–H and O–H groups in total. The van der Waals surface area contributed by atoms with Gasteiger partial charge in [-0.3, -0.25) is 9.36 Å². The zero-order valence-electron chi connectivity index (χ0n) is 15.6. The average Bonchev–Trinajstić information content (AvgIpc) is 3.12.